The molecule has 0 radical (unpaired) electrons. The molecule has 3 rings (SSSR count). The number of aromatic nitrogens is 2. The number of rotatable bonds is 1. The van der Waals surface area contributed by atoms with Crippen molar-refractivity contribution in [3.05, 3.63) is 32.2 Å². The molecule has 0 aromatic carbocycles. The van der Waals surface area contributed by atoms with Crippen LogP contribution in [0.3, 0.4) is 0 Å². The maximum absolute atomic E-state index is 5.62. The monoisotopic (exact) mass is 284 g/mol. The molecule has 3 heterocycles. The molecule has 0 fully saturated rings. The highest BCUT2D eigenvalue weighted by atomic mass is 79.9. The third kappa shape index (κ3) is 1.50. The Morgan fingerprint density at radius 2 is 2.47 bits per heavy atom. The van der Waals surface area contributed by atoms with E-state index in [0.717, 1.165) is 20.9 Å². The number of H-pyrrole nitrogens is 1. The first-order valence-corrected chi connectivity index (χ1v) is 6.29. The number of aryl methyl sites for hydroxylation is 1. The lowest BCUT2D eigenvalue weighted by Gasteiger charge is -2.02. The summed E-state index contributed by atoms with van der Waals surface area (Å²) in [5, 5.41) is 7.26. The molecule has 1 atom stereocenters. The molecule has 0 amide bonds. The number of hydrogen-bond acceptors (Lipinski definition) is 3. The van der Waals surface area contributed by atoms with Gasteiger partial charge in [0.1, 0.15) is 12.4 Å². The van der Waals surface area contributed by atoms with Crippen LogP contribution in [-0.4, -0.2) is 16.8 Å². The summed E-state index contributed by atoms with van der Waals surface area (Å²) in [5.41, 5.74) is 2.16. The van der Waals surface area contributed by atoms with E-state index in [1.54, 1.807) is 11.3 Å². The molecule has 0 spiro atoms. The van der Waals surface area contributed by atoms with Crippen molar-refractivity contribution in [2.75, 3.05) is 6.61 Å². The predicted molar refractivity (Wildman–Crippen MR) is 62.7 cm³/mol. The highest BCUT2D eigenvalue weighted by Crippen LogP contribution is 2.45. The molecule has 2 aromatic rings. The number of thiophene rings is 1. The van der Waals surface area contributed by atoms with Crippen molar-refractivity contribution in [2.45, 2.75) is 12.8 Å². The smallest absolute Gasteiger partial charge is 0.135 e. The zero-order chi connectivity index (χ0) is 10.4. The minimum Gasteiger partial charge on any atom is -0.491 e. The van der Waals surface area contributed by atoms with Crippen molar-refractivity contribution in [1.29, 1.82) is 0 Å². The average Bonchev–Trinajstić information content (AvgIpc) is 2.80. The summed E-state index contributed by atoms with van der Waals surface area (Å²) < 4.78 is 6.74. The van der Waals surface area contributed by atoms with Gasteiger partial charge in [-0.1, -0.05) is 0 Å². The molecule has 1 N–H and O–H groups in total. The third-order valence-electron chi connectivity index (χ3n) is 2.50. The van der Waals surface area contributed by atoms with Gasteiger partial charge in [0.05, 0.1) is 20.3 Å². The van der Waals surface area contributed by atoms with Crippen molar-refractivity contribution in [3.63, 3.8) is 0 Å². The van der Waals surface area contributed by atoms with Gasteiger partial charge in [-0.3, -0.25) is 5.10 Å². The number of ether oxygens (including phenoxy) is 1. The Labute approximate surface area is 99.6 Å². The zero-order valence-corrected chi connectivity index (χ0v) is 10.5. The van der Waals surface area contributed by atoms with E-state index in [-0.39, 0.29) is 0 Å². The SMILES string of the molecule is Cc1cc(C2COc3cc(Br)sc32)n[nH]1. The lowest BCUT2D eigenvalue weighted by Crippen LogP contribution is -2.02. The zero-order valence-electron chi connectivity index (χ0n) is 8.08. The summed E-state index contributed by atoms with van der Waals surface area (Å²) >= 11 is 5.20. The van der Waals surface area contributed by atoms with Crippen molar-refractivity contribution >= 4 is 27.3 Å². The molecule has 2 aromatic heterocycles. The molecule has 5 heteroatoms. The summed E-state index contributed by atoms with van der Waals surface area (Å²) in [7, 11) is 0. The first-order chi connectivity index (χ1) is 7.24. The van der Waals surface area contributed by atoms with Crippen LogP contribution < -0.4 is 4.74 Å². The standard InChI is InChI=1S/C10H9BrN2OS/c1-5-2-7(13-12-5)6-4-14-8-3-9(11)15-10(6)8/h2-3,6H,4H2,1H3,(H,12,13). The van der Waals surface area contributed by atoms with Crippen LogP contribution in [0.2, 0.25) is 0 Å². The van der Waals surface area contributed by atoms with E-state index >= 15 is 0 Å². The second kappa shape index (κ2) is 3.35. The first-order valence-electron chi connectivity index (χ1n) is 4.68. The maximum atomic E-state index is 5.62. The Hall–Kier alpha value is -0.810. The lowest BCUT2D eigenvalue weighted by molar-refractivity contribution is 0.341. The predicted octanol–water partition coefficient (Wildman–Crippen LogP) is 3.07. The number of fused-ring (bicyclic) bond motifs is 1. The van der Waals surface area contributed by atoms with Gasteiger partial charge in [-0.15, -0.1) is 11.3 Å². The first kappa shape index (κ1) is 9.42. The van der Waals surface area contributed by atoms with E-state index in [1.165, 1.54) is 4.88 Å². The van der Waals surface area contributed by atoms with Crippen molar-refractivity contribution in [1.82, 2.24) is 10.2 Å². The summed E-state index contributed by atoms with van der Waals surface area (Å²) in [6.07, 6.45) is 0. The average molecular weight is 285 g/mol. The Kier molecular flexibility index (Phi) is 2.10. The molecular weight excluding hydrogens is 276 g/mol. The molecule has 15 heavy (non-hydrogen) atoms. The summed E-state index contributed by atoms with van der Waals surface area (Å²) in [4.78, 5) is 1.27. The van der Waals surface area contributed by atoms with Gasteiger partial charge >= 0.3 is 0 Å². The van der Waals surface area contributed by atoms with Gasteiger partial charge in [0, 0.05) is 11.8 Å². The van der Waals surface area contributed by atoms with Crippen molar-refractivity contribution in [2.24, 2.45) is 0 Å². The third-order valence-corrected chi connectivity index (χ3v) is 4.23. The second-order valence-corrected chi connectivity index (χ2v) is 6.08. The van der Waals surface area contributed by atoms with Crippen LogP contribution in [0.1, 0.15) is 22.2 Å². The van der Waals surface area contributed by atoms with Gasteiger partial charge in [-0.2, -0.15) is 5.10 Å². The quantitative estimate of drug-likeness (QED) is 0.874. The Morgan fingerprint density at radius 1 is 1.60 bits per heavy atom. The Balaban J connectivity index is 2.02. The van der Waals surface area contributed by atoms with Crippen LogP contribution in [0.4, 0.5) is 0 Å². The van der Waals surface area contributed by atoms with Gasteiger partial charge in [0.15, 0.2) is 0 Å². The minimum absolute atomic E-state index is 0.293. The fourth-order valence-electron chi connectivity index (χ4n) is 1.80. The molecule has 0 bridgehead atoms. The van der Waals surface area contributed by atoms with E-state index in [1.807, 2.05) is 13.0 Å². The number of nitrogens with one attached hydrogen (secondary N) is 1. The van der Waals surface area contributed by atoms with Gasteiger partial charge in [0.2, 0.25) is 0 Å². The van der Waals surface area contributed by atoms with E-state index < -0.39 is 0 Å². The van der Waals surface area contributed by atoms with E-state index in [2.05, 4.69) is 32.2 Å². The summed E-state index contributed by atoms with van der Waals surface area (Å²) in [6.45, 7) is 2.72. The highest BCUT2D eigenvalue weighted by molar-refractivity contribution is 9.11. The molecule has 1 aliphatic heterocycles. The molecular formula is C10H9BrN2OS. The minimum atomic E-state index is 0.293. The molecule has 78 valence electrons. The van der Waals surface area contributed by atoms with Crippen LogP contribution in [0.5, 0.6) is 5.75 Å². The summed E-state index contributed by atoms with van der Waals surface area (Å²) in [6, 6.07) is 4.11. The Bertz CT molecular complexity index is 505. The maximum Gasteiger partial charge on any atom is 0.135 e. The van der Waals surface area contributed by atoms with Gasteiger partial charge < -0.3 is 4.74 Å². The molecule has 0 saturated carbocycles. The fraction of sp³-hybridized carbons (Fsp3) is 0.300. The van der Waals surface area contributed by atoms with Crippen LogP contribution in [0, 0.1) is 6.92 Å². The number of nitrogens with zero attached hydrogens (tertiary/aromatic N) is 1. The normalized spacial score (nSPS) is 18.9. The number of aromatic amines is 1. The van der Waals surface area contributed by atoms with Crippen LogP contribution in [0.25, 0.3) is 0 Å². The van der Waals surface area contributed by atoms with E-state index in [9.17, 15) is 0 Å². The topological polar surface area (TPSA) is 37.9 Å². The van der Waals surface area contributed by atoms with Gasteiger partial charge in [-0.25, -0.2) is 0 Å². The van der Waals surface area contributed by atoms with Crippen molar-refractivity contribution < 1.29 is 4.74 Å². The molecule has 0 aliphatic carbocycles. The van der Waals surface area contributed by atoms with Crippen LogP contribution in [0.15, 0.2) is 15.9 Å². The number of halogens is 1. The van der Waals surface area contributed by atoms with Crippen molar-refractivity contribution in [3.8, 4) is 5.75 Å². The fourth-order valence-corrected chi connectivity index (χ4v) is 3.46. The second-order valence-electron chi connectivity index (χ2n) is 3.62. The molecule has 3 nitrogen and oxygen atoms in total. The number of hydrogen-bond donors (Lipinski definition) is 1. The molecule has 0 saturated heterocycles. The highest BCUT2D eigenvalue weighted by Gasteiger charge is 2.29. The summed E-state index contributed by atoms with van der Waals surface area (Å²) in [5.74, 6) is 1.29. The van der Waals surface area contributed by atoms with E-state index in [4.69, 9.17) is 4.74 Å². The van der Waals surface area contributed by atoms with E-state index in [0.29, 0.717) is 12.5 Å². The van der Waals surface area contributed by atoms with Crippen LogP contribution in [-0.2, 0) is 0 Å². The largest absolute Gasteiger partial charge is 0.491 e. The molecule has 1 unspecified atom stereocenters. The lowest BCUT2D eigenvalue weighted by atomic mass is 10.1. The van der Waals surface area contributed by atoms with Crippen LogP contribution >= 0.6 is 27.3 Å². The molecule has 1 aliphatic rings. The Morgan fingerprint density at radius 3 is 3.20 bits per heavy atom. The van der Waals surface area contributed by atoms with Gasteiger partial charge in [0.25, 0.3) is 0 Å². The van der Waals surface area contributed by atoms with Gasteiger partial charge in [-0.05, 0) is 28.9 Å².